The van der Waals surface area contributed by atoms with Gasteiger partial charge in [-0.05, 0) is 12.1 Å². The monoisotopic (exact) mass is 304 g/mol. The first-order chi connectivity index (χ1) is 9.10. The standard InChI is InChI=1S/C11H11Cl2FN4O/c12-9-3-7(14)4-10(13)11(9)15-5-8-6-18(1-2-19)17-16-8/h3-4,6,15,19H,1-2,5H2. The number of hydrogen-bond donors (Lipinski definition) is 2. The van der Waals surface area contributed by atoms with E-state index in [1.165, 1.54) is 16.8 Å². The van der Waals surface area contributed by atoms with Crippen LogP contribution in [0.25, 0.3) is 0 Å². The van der Waals surface area contributed by atoms with Crippen molar-refractivity contribution in [1.82, 2.24) is 15.0 Å². The van der Waals surface area contributed by atoms with Gasteiger partial charge in [0, 0.05) is 0 Å². The zero-order valence-corrected chi connectivity index (χ0v) is 11.3. The molecule has 5 nitrogen and oxygen atoms in total. The Hall–Kier alpha value is -1.37. The summed E-state index contributed by atoms with van der Waals surface area (Å²) in [6.45, 7) is 0.716. The molecular weight excluding hydrogens is 294 g/mol. The Morgan fingerprint density at radius 1 is 1.32 bits per heavy atom. The van der Waals surface area contributed by atoms with Gasteiger partial charge >= 0.3 is 0 Å². The third-order valence-corrected chi connectivity index (χ3v) is 2.96. The van der Waals surface area contributed by atoms with Crippen LogP contribution in [0.15, 0.2) is 18.3 Å². The van der Waals surface area contributed by atoms with E-state index in [4.69, 9.17) is 28.3 Å². The van der Waals surface area contributed by atoms with Crippen molar-refractivity contribution in [2.24, 2.45) is 0 Å². The summed E-state index contributed by atoms with van der Waals surface area (Å²) >= 11 is 11.8. The molecule has 2 rings (SSSR count). The lowest BCUT2D eigenvalue weighted by Gasteiger charge is -2.08. The van der Waals surface area contributed by atoms with E-state index in [9.17, 15) is 4.39 Å². The highest BCUT2D eigenvalue weighted by Gasteiger charge is 2.09. The highest BCUT2D eigenvalue weighted by molar-refractivity contribution is 6.39. The predicted molar refractivity (Wildman–Crippen MR) is 70.9 cm³/mol. The molecule has 19 heavy (non-hydrogen) atoms. The molecule has 0 atom stereocenters. The van der Waals surface area contributed by atoms with E-state index in [1.54, 1.807) is 6.20 Å². The summed E-state index contributed by atoms with van der Waals surface area (Å²) in [4.78, 5) is 0. The first kappa shape index (κ1) is 14.0. The molecule has 102 valence electrons. The van der Waals surface area contributed by atoms with Crippen LogP contribution < -0.4 is 5.32 Å². The molecule has 0 aliphatic rings. The molecule has 8 heteroatoms. The zero-order chi connectivity index (χ0) is 13.8. The van der Waals surface area contributed by atoms with Crippen LogP contribution in [0, 0.1) is 5.82 Å². The molecule has 1 aromatic carbocycles. The Morgan fingerprint density at radius 2 is 2.00 bits per heavy atom. The summed E-state index contributed by atoms with van der Waals surface area (Å²) in [6, 6.07) is 2.36. The van der Waals surface area contributed by atoms with Gasteiger partial charge in [0.2, 0.25) is 0 Å². The lowest BCUT2D eigenvalue weighted by Crippen LogP contribution is -2.02. The van der Waals surface area contributed by atoms with Gasteiger partial charge in [-0.2, -0.15) is 0 Å². The molecule has 0 saturated heterocycles. The van der Waals surface area contributed by atoms with Gasteiger partial charge in [0.05, 0.1) is 41.6 Å². The average Bonchev–Trinajstić information content (AvgIpc) is 2.76. The highest BCUT2D eigenvalue weighted by atomic mass is 35.5. The topological polar surface area (TPSA) is 63.0 Å². The van der Waals surface area contributed by atoms with Gasteiger partial charge in [0.25, 0.3) is 0 Å². The van der Waals surface area contributed by atoms with Gasteiger partial charge in [-0.1, -0.05) is 28.4 Å². The van der Waals surface area contributed by atoms with E-state index >= 15 is 0 Å². The molecule has 0 aliphatic carbocycles. The highest BCUT2D eigenvalue weighted by Crippen LogP contribution is 2.31. The summed E-state index contributed by atoms with van der Waals surface area (Å²) in [6.07, 6.45) is 1.69. The third-order valence-electron chi connectivity index (χ3n) is 2.37. The van der Waals surface area contributed by atoms with Crippen molar-refractivity contribution >= 4 is 28.9 Å². The van der Waals surface area contributed by atoms with Gasteiger partial charge in [-0.25, -0.2) is 9.07 Å². The summed E-state index contributed by atoms with van der Waals surface area (Å²) in [5, 5.41) is 19.9. The average molecular weight is 305 g/mol. The van der Waals surface area contributed by atoms with Crippen LogP contribution in [0.5, 0.6) is 0 Å². The van der Waals surface area contributed by atoms with E-state index < -0.39 is 5.82 Å². The maximum atomic E-state index is 13.0. The number of nitrogens with zero attached hydrogens (tertiary/aromatic N) is 3. The molecule has 0 bridgehead atoms. The minimum Gasteiger partial charge on any atom is -0.394 e. The largest absolute Gasteiger partial charge is 0.394 e. The number of rotatable bonds is 5. The Balaban J connectivity index is 2.05. The minimum atomic E-state index is -0.491. The van der Waals surface area contributed by atoms with Gasteiger partial charge in [-0.3, -0.25) is 0 Å². The molecule has 0 spiro atoms. The fraction of sp³-hybridized carbons (Fsp3) is 0.273. The van der Waals surface area contributed by atoms with Crippen molar-refractivity contribution in [3.63, 3.8) is 0 Å². The second kappa shape index (κ2) is 6.18. The van der Waals surface area contributed by atoms with Crippen LogP contribution in [-0.2, 0) is 13.1 Å². The first-order valence-corrected chi connectivity index (χ1v) is 6.24. The molecule has 1 aromatic heterocycles. The van der Waals surface area contributed by atoms with Crippen molar-refractivity contribution < 1.29 is 9.50 Å². The van der Waals surface area contributed by atoms with Gasteiger partial charge < -0.3 is 10.4 Å². The van der Waals surface area contributed by atoms with Crippen molar-refractivity contribution in [3.05, 3.63) is 39.9 Å². The second-order valence-corrected chi connectivity index (χ2v) is 4.61. The number of nitrogens with one attached hydrogen (secondary N) is 1. The fourth-order valence-corrected chi connectivity index (χ4v) is 2.12. The number of halogens is 3. The third kappa shape index (κ3) is 3.56. The Morgan fingerprint density at radius 3 is 2.63 bits per heavy atom. The Kier molecular flexibility index (Phi) is 4.57. The molecule has 2 aromatic rings. The normalized spacial score (nSPS) is 10.7. The SMILES string of the molecule is OCCn1cc(CNc2c(Cl)cc(F)cc2Cl)nn1. The summed E-state index contributed by atoms with van der Waals surface area (Å²) in [5.74, 6) is -0.491. The number of aliphatic hydroxyl groups excluding tert-OH is 1. The summed E-state index contributed by atoms with van der Waals surface area (Å²) in [5.41, 5.74) is 1.10. The molecule has 0 radical (unpaired) electrons. The minimum absolute atomic E-state index is 0.00809. The van der Waals surface area contributed by atoms with Gasteiger partial charge in [0.15, 0.2) is 0 Å². The molecule has 0 amide bonds. The van der Waals surface area contributed by atoms with Gasteiger partial charge in [0.1, 0.15) is 11.5 Å². The molecule has 0 fully saturated rings. The number of anilines is 1. The van der Waals surface area contributed by atoms with Crippen LogP contribution in [0.2, 0.25) is 10.0 Å². The zero-order valence-electron chi connectivity index (χ0n) is 9.78. The molecule has 1 heterocycles. The number of benzene rings is 1. The fourth-order valence-electron chi connectivity index (χ4n) is 1.52. The lowest BCUT2D eigenvalue weighted by molar-refractivity contribution is 0.268. The molecule has 0 aliphatic heterocycles. The van der Waals surface area contributed by atoms with Crippen molar-refractivity contribution in [2.45, 2.75) is 13.1 Å². The smallest absolute Gasteiger partial charge is 0.126 e. The maximum absolute atomic E-state index is 13.0. The summed E-state index contributed by atoms with van der Waals surface area (Å²) in [7, 11) is 0. The number of aromatic nitrogens is 3. The van der Waals surface area contributed by atoms with Crippen molar-refractivity contribution in [3.8, 4) is 0 Å². The van der Waals surface area contributed by atoms with E-state index in [-0.39, 0.29) is 16.7 Å². The number of hydrogen-bond acceptors (Lipinski definition) is 4. The van der Waals surface area contributed by atoms with Crippen LogP contribution in [0.1, 0.15) is 5.69 Å². The maximum Gasteiger partial charge on any atom is 0.126 e. The van der Waals surface area contributed by atoms with Crippen LogP contribution >= 0.6 is 23.2 Å². The van der Waals surface area contributed by atoms with Crippen LogP contribution in [0.4, 0.5) is 10.1 Å². The van der Waals surface area contributed by atoms with E-state index in [1.807, 2.05) is 0 Å². The second-order valence-electron chi connectivity index (χ2n) is 3.79. The predicted octanol–water partition coefficient (Wildman–Crippen LogP) is 2.33. The van der Waals surface area contributed by atoms with Crippen LogP contribution in [0.3, 0.4) is 0 Å². The Labute approximate surface area is 118 Å². The molecule has 0 saturated carbocycles. The van der Waals surface area contributed by atoms with E-state index in [0.29, 0.717) is 24.5 Å². The lowest BCUT2D eigenvalue weighted by atomic mass is 10.3. The molecule has 2 N–H and O–H groups in total. The van der Waals surface area contributed by atoms with E-state index in [2.05, 4.69) is 15.6 Å². The van der Waals surface area contributed by atoms with Crippen molar-refractivity contribution in [1.29, 1.82) is 0 Å². The first-order valence-electron chi connectivity index (χ1n) is 5.48. The molecular formula is C11H11Cl2FN4O. The quantitative estimate of drug-likeness (QED) is 0.890. The molecule has 0 unspecified atom stereocenters. The Bertz CT molecular complexity index is 553. The van der Waals surface area contributed by atoms with E-state index in [0.717, 1.165) is 0 Å². The van der Waals surface area contributed by atoms with Crippen molar-refractivity contribution in [2.75, 3.05) is 11.9 Å². The summed E-state index contributed by atoms with van der Waals surface area (Å²) < 4.78 is 14.5. The van der Waals surface area contributed by atoms with Crippen LogP contribution in [-0.4, -0.2) is 26.7 Å². The van der Waals surface area contributed by atoms with Gasteiger partial charge in [-0.15, -0.1) is 5.10 Å². The number of aliphatic hydroxyl groups is 1.